The Balaban J connectivity index is 2.12. The normalized spacial score (nSPS) is 22.7. The lowest BCUT2D eigenvalue weighted by Gasteiger charge is -2.10. The molecule has 0 aliphatic heterocycles. The summed E-state index contributed by atoms with van der Waals surface area (Å²) >= 11 is 0. The second-order valence-corrected chi connectivity index (χ2v) is 4.74. The zero-order valence-electron chi connectivity index (χ0n) is 10.2. The molecule has 1 aromatic rings. The number of rotatable bonds is 3. The number of nitrogens with zero attached hydrogens (tertiary/aromatic N) is 2. The van der Waals surface area contributed by atoms with Crippen molar-refractivity contribution in [3.63, 3.8) is 0 Å². The van der Waals surface area contributed by atoms with Gasteiger partial charge in [-0.3, -0.25) is 4.68 Å². The van der Waals surface area contributed by atoms with E-state index in [4.69, 9.17) is 0 Å². The second-order valence-electron chi connectivity index (χ2n) is 4.74. The molecule has 19 heavy (non-hydrogen) atoms. The van der Waals surface area contributed by atoms with Crippen LogP contribution in [0.15, 0.2) is 6.20 Å². The van der Waals surface area contributed by atoms with E-state index in [0.29, 0.717) is 0 Å². The lowest BCUT2D eigenvalue weighted by Crippen LogP contribution is -2.13. The Morgan fingerprint density at radius 2 is 2.16 bits per heavy atom. The molecule has 8 heteroatoms. The molecular formula is C11H13F5N2O. The van der Waals surface area contributed by atoms with Crippen LogP contribution in [0.25, 0.3) is 0 Å². The number of alkyl halides is 5. The van der Waals surface area contributed by atoms with Crippen LogP contribution in [-0.4, -0.2) is 22.8 Å². The lowest BCUT2D eigenvalue weighted by atomic mass is 10.1. The highest BCUT2D eigenvalue weighted by Gasteiger charge is 2.41. The molecule has 1 unspecified atom stereocenters. The highest BCUT2D eigenvalue weighted by atomic mass is 19.4. The van der Waals surface area contributed by atoms with Gasteiger partial charge in [0.15, 0.2) is 0 Å². The minimum Gasteiger partial charge on any atom is -0.480 e. The molecule has 0 saturated heterocycles. The van der Waals surface area contributed by atoms with E-state index in [-0.39, 0.29) is 31.7 Å². The largest absolute Gasteiger partial charge is 0.480 e. The van der Waals surface area contributed by atoms with Crippen LogP contribution in [-0.2, 0) is 12.7 Å². The van der Waals surface area contributed by atoms with Crippen molar-refractivity contribution in [1.29, 1.82) is 0 Å². The number of methoxy groups -OCH3 is 1. The van der Waals surface area contributed by atoms with Gasteiger partial charge in [-0.15, -0.1) is 5.10 Å². The SMILES string of the molecule is COc1nn(CC2CCC(F)(F)C2)cc1C(F)(F)F. The Bertz CT molecular complexity index is 454. The van der Waals surface area contributed by atoms with E-state index >= 15 is 0 Å². The van der Waals surface area contributed by atoms with Gasteiger partial charge >= 0.3 is 6.18 Å². The van der Waals surface area contributed by atoms with E-state index in [2.05, 4.69) is 9.84 Å². The van der Waals surface area contributed by atoms with Gasteiger partial charge in [0.1, 0.15) is 5.56 Å². The van der Waals surface area contributed by atoms with Crippen LogP contribution >= 0.6 is 0 Å². The number of halogens is 5. The summed E-state index contributed by atoms with van der Waals surface area (Å²) in [7, 11) is 1.09. The van der Waals surface area contributed by atoms with Crippen LogP contribution in [0.4, 0.5) is 22.0 Å². The van der Waals surface area contributed by atoms with Gasteiger partial charge in [-0.2, -0.15) is 13.2 Å². The minimum atomic E-state index is -4.57. The van der Waals surface area contributed by atoms with Crippen molar-refractivity contribution in [2.24, 2.45) is 5.92 Å². The summed E-state index contributed by atoms with van der Waals surface area (Å²) in [6, 6.07) is 0. The third kappa shape index (κ3) is 3.16. The number of ether oxygens (including phenoxy) is 1. The van der Waals surface area contributed by atoms with Crippen molar-refractivity contribution in [2.45, 2.75) is 37.9 Å². The topological polar surface area (TPSA) is 27.1 Å². The van der Waals surface area contributed by atoms with Crippen LogP contribution in [0, 0.1) is 5.92 Å². The maximum absolute atomic E-state index is 13.0. The summed E-state index contributed by atoms with van der Waals surface area (Å²) in [4.78, 5) is 0. The molecule has 0 spiro atoms. The van der Waals surface area contributed by atoms with Crippen LogP contribution in [0.3, 0.4) is 0 Å². The average Bonchev–Trinajstić information content (AvgIpc) is 2.82. The molecule has 2 rings (SSSR count). The van der Waals surface area contributed by atoms with Gasteiger partial charge < -0.3 is 4.74 Å². The van der Waals surface area contributed by atoms with Gasteiger partial charge in [0.05, 0.1) is 7.11 Å². The molecule has 0 bridgehead atoms. The standard InChI is InChI=1S/C11H13F5N2O/c1-19-9-8(11(14,15)16)6-18(17-9)5-7-2-3-10(12,13)4-7/h6-7H,2-5H2,1H3. The van der Waals surface area contributed by atoms with Crippen LogP contribution < -0.4 is 4.74 Å². The predicted molar refractivity (Wildman–Crippen MR) is 56.1 cm³/mol. The Labute approximate surface area is 106 Å². The summed E-state index contributed by atoms with van der Waals surface area (Å²) in [5.74, 6) is -3.60. The molecule has 1 aliphatic carbocycles. The molecule has 1 aromatic heterocycles. The molecule has 0 N–H and O–H groups in total. The van der Waals surface area contributed by atoms with E-state index in [1.807, 2.05) is 0 Å². The second kappa shape index (κ2) is 4.64. The minimum absolute atomic E-state index is 0.0437. The summed E-state index contributed by atoms with van der Waals surface area (Å²) in [5.41, 5.74) is -0.986. The van der Waals surface area contributed by atoms with Crippen molar-refractivity contribution in [3.05, 3.63) is 11.8 Å². The highest BCUT2D eigenvalue weighted by Crippen LogP contribution is 2.40. The molecule has 108 valence electrons. The first-order valence-electron chi connectivity index (χ1n) is 5.78. The van der Waals surface area contributed by atoms with Crippen molar-refractivity contribution in [2.75, 3.05) is 7.11 Å². The first-order chi connectivity index (χ1) is 8.71. The molecule has 3 nitrogen and oxygen atoms in total. The monoisotopic (exact) mass is 284 g/mol. The zero-order valence-corrected chi connectivity index (χ0v) is 10.2. The van der Waals surface area contributed by atoms with Crippen LogP contribution in [0.2, 0.25) is 0 Å². The first kappa shape index (κ1) is 14.1. The summed E-state index contributed by atoms with van der Waals surface area (Å²) in [6.45, 7) is 0.0437. The van der Waals surface area contributed by atoms with Gasteiger partial charge in [0, 0.05) is 25.6 Å². The molecule has 0 amide bonds. The van der Waals surface area contributed by atoms with E-state index < -0.39 is 23.5 Å². The zero-order chi connectivity index (χ0) is 14.3. The Kier molecular flexibility index (Phi) is 3.44. The maximum atomic E-state index is 13.0. The molecule has 1 fully saturated rings. The van der Waals surface area contributed by atoms with Gasteiger partial charge in [-0.25, -0.2) is 8.78 Å². The smallest absolute Gasteiger partial charge is 0.423 e. The number of hydrogen-bond donors (Lipinski definition) is 0. The first-order valence-corrected chi connectivity index (χ1v) is 5.78. The predicted octanol–water partition coefficient (Wildman–Crippen LogP) is 3.35. The highest BCUT2D eigenvalue weighted by molar-refractivity contribution is 5.26. The van der Waals surface area contributed by atoms with Crippen molar-refractivity contribution >= 4 is 0 Å². The van der Waals surface area contributed by atoms with Gasteiger partial charge in [0.2, 0.25) is 11.8 Å². The van der Waals surface area contributed by atoms with Gasteiger partial charge in [-0.1, -0.05) is 0 Å². The van der Waals surface area contributed by atoms with Gasteiger partial charge in [-0.05, 0) is 12.3 Å². The molecule has 0 radical (unpaired) electrons. The fraction of sp³-hybridized carbons (Fsp3) is 0.727. The summed E-state index contributed by atoms with van der Waals surface area (Å²) in [5, 5.41) is 3.64. The van der Waals surface area contributed by atoms with Crippen LogP contribution in [0.5, 0.6) is 5.88 Å². The molecular weight excluding hydrogens is 271 g/mol. The molecule has 0 aromatic carbocycles. The van der Waals surface area contributed by atoms with Crippen molar-refractivity contribution < 1.29 is 26.7 Å². The fourth-order valence-electron chi connectivity index (χ4n) is 2.30. The third-order valence-corrected chi connectivity index (χ3v) is 3.18. The average molecular weight is 284 g/mol. The maximum Gasteiger partial charge on any atom is 0.423 e. The van der Waals surface area contributed by atoms with E-state index in [0.717, 1.165) is 18.0 Å². The van der Waals surface area contributed by atoms with Crippen LogP contribution in [0.1, 0.15) is 24.8 Å². The quantitative estimate of drug-likeness (QED) is 0.796. The Morgan fingerprint density at radius 1 is 1.47 bits per heavy atom. The Hall–Kier alpha value is -1.34. The van der Waals surface area contributed by atoms with Gasteiger partial charge in [0.25, 0.3) is 0 Å². The Morgan fingerprint density at radius 3 is 2.58 bits per heavy atom. The van der Waals surface area contributed by atoms with Crippen molar-refractivity contribution in [1.82, 2.24) is 9.78 Å². The molecule has 1 saturated carbocycles. The molecule has 1 atom stereocenters. The number of aromatic nitrogens is 2. The van der Waals surface area contributed by atoms with Crippen molar-refractivity contribution in [3.8, 4) is 5.88 Å². The summed E-state index contributed by atoms with van der Waals surface area (Å²) in [6.07, 6.45) is -4.01. The fourth-order valence-corrected chi connectivity index (χ4v) is 2.30. The van der Waals surface area contributed by atoms with E-state index in [1.165, 1.54) is 0 Å². The molecule has 1 heterocycles. The third-order valence-electron chi connectivity index (χ3n) is 3.18. The lowest BCUT2D eigenvalue weighted by molar-refractivity contribution is -0.138. The summed E-state index contributed by atoms with van der Waals surface area (Å²) < 4.78 is 69.5. The molecule has 1 aliphatic rings. The number of hydrogen-bond acceptors (Lipinski definition) is 2. The van der Waals surface area contributed by atoms with E-state index in [1.54, 1.807) is 0 Å². The van der Waals surface area contributed by atoms with E-state index in [9.17, 15) is 22.0 Å².